The molecule has 13 heavy (non-hydrogen) atoms. The van der Waals surface area contributed by atoms with Crippen molar-refractivity contribution in [3.8, 4) is 0 Å². The van der Waals surface area contributed by atoms with Crippen LogP contribution < -0.4 is 0 Å². The van der Waals surface area contributed by atoms with Crippen molar-refractivity contribution < 1.29 is 9.90 Å². The Labute approximate surface area is 76.4 Å². The van der Waals surface area contributed by atoms with Crippen LogP contribution in [0.3, 0.4) is 0 Å². The maximum absolute atomic E-state index is 10.4. The molecule has 0 aliphatic heterocycles. The minimum Gasteiger partial charge on any atom is -0.480 e. The van der Waals surface area contributed by atoms with E-state index in [1.165, 1.54) is 6.33 Å². The van der Waals surface area contributed by atoms with Gasteiger partial charge < -0.3 is 9.67 Å². The van der Waals surface area contributed by atoms with Gasteiger partial charge in [-0.1, -0.05) is 13.3 Å². The zero-order chi connectivity index (χ0) is 9.68. The molecular formula is C8H13N3O2. The van der Waals surface area contributed by atoms with Gasteiger partial charge in [-0.05, 0) is 6.42 Å². The fourth-order valence-electron chi connectivity index (χ4n) is 1.09. The third kappa shape index (κ3) is 2.85. The van der Waals surface area contributed by atoms with Crippen molar-refractivity contribution in [3.05, 3.63) is 12.2 Å². The first-order valence-electron chi connectivity index (χ1n) is 4.32. The standard InChI is InChI=1S/C8H13N3O2/c1-2-3-4-7-10-9-6-11(7)5-8(12)13/h6H,2-5H2,1H3,(H,12,13). The van der Waals surface area contributed by atoms with Crippen LogP contribution in [0.4, 0.5) is 0 Å². The third-order valence-electron chi connectivity index (χ3n) is 1.76. The fraction of sp³-hybridized carbons (Fsp3) is 0.625. The van der Waals surface area contributed by atoms with E-state index in [1.807, 2.05) is 0 Å². The number of aliphatic carboxylic acids is 1. The summed E-state index contributed by atoms with van der Waals surface area (Å²) in [6.45, 7) is 2.03. The van der Waals surface area contributed by atoms with E-state index < -0.39 is 5.97 Å². The number of hydrogen-bond donors (Lipinski definition) is 1. The normalized spacial score (nSPS) is 10.2. The van der Waals surface area contributed by atoms with Gasteiger partial charge in [0.2, 0.25) is 0 Å². The summed E-state index contributed by atoms with van der Waals surface area (Å²) in [6, 6.07) is 0. The van der Waals surface area contributed by atoms with E-state index in [1.54, 1.807) is 4.57 Å². The Morgan fingerprint density at radius 3 is 3.08 bits per heavy atom. The number of unbranched alkanes of at least 4 members (excludes halogenated alkanes) is 1. The summed E-state index contributed by atoms with van der Waals surface area (Å²) in [6.07, 6.45) is 4.33. The van der Waals surface area contributed by atoms with Crippen LogP contribution in [0.25, 0.3) is 0 Å². The molecule has 1 aromatic rings. The molecule has 0 saturated carbocycles. The van der Waals surface area contributed by atoms with Crippen LogP contribution in [0, 0.1) is 0 Å². The number of hydrogen-bond acceptors (Lipinski definition) is 3. The van der Waals surface area contributed by atoms with Crippen molar-refractivity contribution in [2.45, 2.75) is 32.7 Å². The lowest BCUT2D eigenvalue weighted by Crippen LogP contribution is -2.11. The fourth-order valence-corrected chi connectivity index (χ4v) is 1.09. The van der Waals surface area contributed by atoms with Crippen molar-refractivity contribution >= 4 is 5.97 Å². The first-order chi connectivity index (χ1) is 6.24. The monoisotopic (exact) mass is 183 g/mol. The molecule has 0 aliphatic carbocycles. The van der Waals surface area contributed by atoms with Crippen LogP contribution in [-0.2, 0) is 17.8 Å². The number of aryl methyl sites for hydroxylation is 1. The molecule has 0 unspecified atom stereocenters. The Hall–Kier alpha value is -1.39. The highest BCUT2D eigenvalue weighted by Gasteiger charge is 2.06. The van der Waals surface area contributed by atoms with Gasteiger partial charge in [-0.25, -0.2) is 0 Å². The van der Waals surface area contributed by atoms with Crippen molar-refractivity contribution in [2.24, 2.45) is 0 Å². The zero-order valence-corrected chi connectivity index (χ0v) is 7.60. The maximum Gasteiger partial charge on any atom is 0.323 e. The minimum atomic E-state index is -0.863. The molecule has 0 radical (unpaired) electrons. The number of carboxylic acid groups (broad SMARTS) is 1. The van der Waals surface area contributed by atoms with Crippen molar-refractivity contribution in [1.82, 2.24) is 14.8 Å². The van der Waals surface area contributed by atoms with Crippen molar-refractivity contribution in [2.75, 3.05) is 0 Å². The van der Waals surface area contributed by atoms with Crippen LogP contribution in [0.1, 0.15) is 25.6 Å². The van der Waals surface area contributed by atoms with E-state index in [2.05, 4.69) is 17.1 Å². The van der Waals surface area contributed by atoms with Crippen LogP contribution >= 0.6 is 0 Å². The van der Waals surface area contributed by atoms with Gasteiger partial charge in [-0.15, -0.1) is 10.2 Å². The summed E-state index contributed by atoms with van der Waals surface area (Å²) < 4.78 is 1.57. The lowest BCUT2D eigenvalue weighted by Gasteiger charge is -2.01. The first-order valence-corrected chi connectivity index (χ1v) is 4.32. The Kier molecular flexibility index (Phi) is 3.42. The largest absolute Gasteiger partial charge is 0.480 e. The molecule has 0 aliphatic rings. The average molecular weight is 183 g/mol. The predicted molar refractivity (Wildman–Crippen MR) is 46.3 cm³/mol. The van der Waals surface area contributed by atoms with E-state index in [9.17, 15) is 4.79 Å². The molecule has 1 rings (SSSR count). The quantitative estimate of drug-likeness (QED) is 0.729. The summed E-state index contributed by atoms with van der Waals surface area (Å²) in [5.41, 5.74) is 0. The minimum absolute atomic E-state index is 0.0496. The number of nitrogens with zero attached hydrogens (tertiary/aromatic N) is 3. The van der Waals surface area contributed by atoms with Gasteiger partial charge >= 0.3 is 5.97 Å². The lowest BCUT2D eigenvalue weighted by atomic mass is 10.2. The predicted octanol–water partition coefficient (Wildman–Crippen LogP) is 0.705. The molecule has 72 valence electrons. The molecule has 0 saturated heterocycles. The van der Waals surface area contributed by atoms with E-state index >= 15 is 0 Å². The number of rotatable bonds is 5. The molecular weight excluding hydrogens is 170 g/mol. The van der Waals surface area contributed by atoms with Gasteiger partial charge in [0.1, 0.15) is 18.7 Å². The molecule has 0 bridgehead atoms. The van der Waals surface area contributed by atoms with Gasteiger partial charge in [-0.2, -0.15) is 0 Å². The summed E-state index contributed by atoms with van der Waals surface area (Å²) in [5, 5.41) is 16.1. The van der Waals surface area contributed by atoms with Crippen LogP contribution in [-0.4, -0.2) is 25.8 Å². The van der Waals surface area contributed by atoms with E-state index in [0.29, 0.717) is 0 Å². The van der Waals surface area contributed by atoms with Crippen LogP contribution in [0.5, 0.6) is 0 Å². The summed E-state index contributed by atoms with van der Waals surface area (Å²) in [5.74, 6) is -0.109. The van der Waals surface area contributed by atoms with E-state index in [-0.39, 0.29) is 6.54 Å². The summed E-state index contributed by atoms with van der Waals surface area (Å²) >= 11 is 0. The third-order valence-corrected chi connectivity index (χ3v) is 1.76. The summed E-state index contributed by atoms with van der Waals surface area (Å²) in [4.78, 5) is 10.4. The maximum atomic E-state index is 10.4. The highest BCUT2D eigenvalue weighted by Crippen LogP contribution is 2.01. The molecule has 0 fully saturated rings. The van der Waals surface area contributed by atoms with Gasteiger partial charge in [0.05, 0.1) is 0 Å². The highest BCUT2D eigenvalue weighted by atomic mass is 16.4. The second-order valence-corrected chi connectivity index (χ2v) is 2.87. The number of carbonyl (C=O) groups is 1. The zero-order valence-electron chi connectivity index (χ0n) is 7.60. The SMILES string of the molecule is CCCCc1nncn1CC(=O)O. The number of carboxylic acids is 1. The number of aromatic nitrogens is 3. The molecule has 1 aromatic heterocycles. The Bertz CT molecular complexity index is 283. The highest BCUT2D eigenvalue weighted by molar-refractivity contribution is 5.66. The lowest BCUT2D eigenvalue weighted by molar-refractivity contribution is -0.137. The molecule has 5 nitrogen and oxygen atoms in total. The van der Waals surface area contributed by atoms with Crippen molar-refractivity contribution in [1.29, 1.82) is 0 Å². The average Bonchev–Trinajstić information content (AvgIpc) is 2.48. The molecule has 1 N–H and O–H groups in total. The van der Waals surface area contributed by atoms with Crippen molar-refractivity contribution in [3.63, 3.8) is 0 Å². The molecule has 0 aromatic carbocycles. The van der Waals surface area contributed by atoms with Gasteiger partial charge in [0.15, 0.2) is 0 Å². The second-order valence-electron chi connectivity index (χ2n) is 2.87. The smallest absolute Gasteiger partial charge is 0.323 e. The Balaban J connectivity index is 2.60. The van der Waals surface area contributed by atoms with E-state index in [4.69, 9.17) is 5.11 Å². The first kappa shape index (κ1) is 9.70. The Morgan fingerprint density at radius 2 is 2.46 bits per heavy atom. The molecule has 1 heterocycles. The van der Waals surface area contributed by atoms with Crippen LogP contribution in [0.15, 0.2) is 6.33 Å². The topological polar surface area (TPSA) is 68.0 Å². The van der Waals surface area contributed by atoms with Gasteiger partial charge in [-0.3, -0.25) is 4.79 Å². The summed E-state index contributed by atoms with van der Waals surface area (Å²) in [7, 11) is 0. The molecule has 0 atom stereocenters. The Morgan fingerprint density at radius 1 is 1.69 bits per heavy atom. The van der Waals surface area contributed by atoms with Gasteiger partial charge in [0, 0.05) is 6.42 Å². The van der Waals surface area contributed by atoms with Gasteiger partial charge in [0.25, 0.3) is 0 Å². The van der Waals surface area contributed by atoms with Crippen LogP contribution in [0.2, 0.25) is 0 Å². The van der Waals surface area contributed by atoms with E-state index in [0.717, 1.165) is 25.1 Å². The molecule has 5 heteroatoms. The second kappa shape index (κ2) is 4.59. The molecule has 0 spiro atoms. The molecule has 0 amide bonds.